The molecule has 0 bridgehead atoms. The summed E-state index contributed by atoms with van der Waals surface area (Å²) >= 11 is 0. The quantitative estimate of drug-likeness (QED) is 0.897. The molecule has 0 unspecified atom stereocenters. The summed E-state index contributed by atoms with van der Waals surface area (Å²) in [6.07, 6.45) is 1.72. The zero-order valence-corrected chi connectivity index (χ0v) is 11.4. The molecular weight excluding hydrogens is 224 g/mol. The maximum atomic E-state index is 5.52. The molecule has 0 amide bonds. The molecule has 0 radical (unpaired) electrons. The Balaban J connectivity index is 2.11. The number of benzene rings is 1. The molecule has 1 aromatic carbocycles. The molecule has 0 aliphatic heterocycles. The lowest BCUT2D eigenvalue weighted by atomic mass is 10.1. The summed E-state index contributed by atoms with van der Waals surface area (Å²) in [7, 11) is 0. The van der Waals surface area contributed by atoms with E-state index in [1.807, 2.05) is 12.1 Å². The number of aromatic nitrogens is 1. The molecule has 2 aromatic rings. The number of oxazole rings is 1. The molecule has 1 aromatic heterocycles. The standard InChI is InChI=1S/C15H20N2O/c1-11-6-5-7-12(8-11)14-17-13(10-18-14)9-16-15(2,3)4/h5-8,10,16H,9H2,1-4H3. The Morgan fingerprint density at radius 3 is 2.72 bits per heavy atom. The van der Waals surface area contributed by atoms with Crippen LogP contribution in [0.25, 0.3) is 11.5 Å². The normalized spacial score (nSPS) is 11.8. The van der Waals surface area contributed by atoms with Crippen LogP contribution >= 0.6 is 0 Å². The summed E-state index contributed by atoms with van der Waals surface area (Å²) in [5, 5.41) is 3.39. The van der Waals surface area contributed by atoms with Crippen molar-refractivity contribution >= 4 is 0 Å². The summed E-state index contributed by atoms with van der Waals surface area (Å²) in [5.74, 6) is 0.685. The number of nitrogens with one attached hydrogen (secondary N) is 1. The summed E-state index contributed by atoms with van der Waals surface area (Å²) in [6, 6.07) is 8.17. The van der Waals surface area contributed by atoms with Crippen LogP contribution in [0, 0.1) is 6.92 Å². The van der Waals surface area contributed by atoms with E-state index in [2.05, 4.69) is 50.1 Å². The lowest BCUT2D eigenvalue weighted by molar-refractivity contribution is 0.421. The van der Waals surface area contributed by atoms with Crippen molar-refractivity contribution in [2.75, 3.05) is 0 Å². The molecule has 1 heterocycles. The SMILES string of the molecule is Cc1cccc(-c2nc(CNC(C)(C)C)co2)c1. The molecule has 0 saturated heterocycles. The average molecular weight is 244 g/mol. The van der Waals surface area contributed by atoms with Gasteiger partial charge in [0.25, 0.3) is 0 Å². The van der Waals surface area contributed by atoms with Crippen molar-refractivity contribution in [1.29, 1.82) is 0 Å². The van der Waals surface area contributed by atoms with Crippen LogP contribution in [0.2, 0.25) is 0 Å². The third-order valence-corrected chi connectivity index (χ3v) is 2.62. The summed E-state index contributed by atoms with van der Waals surface area (Å²) in [6.45, 7) is 9.19. The Labute approximate surface area is 108 Å². The van der Waals surface area contributed by atoms with Gasteiger partial charge in [-0.05, 0) is 39.8 Å². The second-order valence-corrected chi connectivity index (χ2v) is 5.62. The molecule has 3 nitrogen and oxygen atoms in total. The van der Waals surface area contributed by atoms with Crippen LogP contribution in [-0.4, -0.2) is 10.5 Å². The van der Waals surface area contributed by atoms with Crippen LogP contribution < -0.4 is 5.32 Å². The number of aryl methyl sites for hydroxylation is 1. The molecule has 96 valence electrons. The molecule has 1 N–H and O–H groups in total. The summed E-state index contributed by atoms with van der Waals surface area (Å²) < 4.78 is 5.52. The highest BCUT2D eigenvalue weighted by Crippen LogP contribution is 2.19. The van der Waals surface area contributed by atoms with Crippen LogP contribution in [0.15, 0.2) is 34.9 Å². The first-order chi connectivity index (χ1) is 8.44. The van der Waals surface area contributed by atoms with Crippen molar-refractivity contribution in [3.63, 3.8) is 0 Å². The van der Waals surface area contributed by atoms with Crippen molar-refractivity contribution in [2.24, 2.45) is 0 Å². The minimum atomic E-state index is 0.0858. The van der Waals surface area contributed by atoms with Gasteiger partial charge in [-0.1, -0.05) is 17.7 Å². The molecule has 0 aliphatic rings. The summed E-state index contributed by atoms with van der Waals surface area (Å²) in [4.78, 5) is 4.50. The van der Waals surface area contributed by atoms with E-state index < -0.39 is 0 Å². The fourth-order valence-corrected chi connectivity index (χ4v) is 1.65. The first-order valence-electron chi connectivity index (χ1n) is 6.20. The van der Waals surface area contributed by atoms with Gasteiger partial charge in [-0.3, -0.25) is 0 Å². The molecule has 0 aliphatic carbocycles. The predicted molar refractivity (Wildman–Crippen MR) is 73.3 cm³/mol. The zero-order valence-electron chi connectivity index (χ0n) is 11.4. The van der Waals surface area contributed by atoms with Crippen LogP contribution in [0.5, 0.6) is 0 Å². The molecule has 3 heteroatoms. The maximum absolute atomic E-state index is 5.52. The monoisotopic (exact) mass is 244 g/mol. The summed E-state index contributed by atoms with van der Waals surface area (Å²) in [5.41, 5.74) is 3.25. The Morgan fingerprint density at radius 1 is 1.28 bits per heavy atom. The zero-order chi connectivity index (χ0) is 13.2. The van der Waals surface area contributed by atoms with Gasteiger partial charge in [0, 0.05) is 17.6 Å². The van der Waals surface area contributed by atoms with E-state index in [4.69, 9.17) is 4.42 Å². The van der Waals surface area contributed by atoms with E-state index in [1.54, 1.807) is 6.26 Å². The van der Waals surface area contributed by atoms with Crippen LogP contribution in [0.1, 0.15) is 32.0 Å². The Bertz CT molecular complexity index is 523. The average Bonchev–Trinajstić information content (AvgIpc) is 2.74. The molecule has 0 atom stereocenters. The van der Waals surface area contributed by atoms with Gasteiger partial charge in [0.2, 0.25) is 5.89 Å². The first kappa shape index (κ1) is 12.8. The van der Waals surface area contributed by atoms with Crippen LogP contribution in [-0.2, 0) is 6.54 Å². The van der Waals surface area contributed by atoms with Gasteiger partial charge >= 0.3 is 0 Å². The van der Waals surface area contributed by atoms with Crippen LogP contribution in [0.4, 0.5) is 0 Å². The molecule has 0 saturated carbocycles. The number of hydrogen-bond acceptors (Lipinski definition) is 3. The highest BCUT2D eigenvalue weighted by atomic mass is 16.3. The van der Waals surface area contributed by atoms with E-state index in [9.17, 15) is 0 Å². The van der Waals surface area contributed by atoms with Gasteiger partial charge in [0.1, 0.15) is 6.26 Å². The topological polar surface area (TPSA) is 38.1 Å². The third-order valence-electron chi connectivity index (χ3n) is 2.62. The first-order valence-corrected chi connectivity index (χ1v) is 6.20. The van der Waals surface area contributed by atoms with Crippen molar-refractivity contribution in [2.45, 2.75) is 39.8 Å². The van der Waals surface area contributed by atoms with E-state index in [-0.39, 0.29) is 5.54 Å². The van der Waals surface area contributed by atoms with Gasteiger partial charge in [0.05, 0.1) is 5.69 Å². The Kier molecular flexibility index (Phi) is 3.53. The minimum Gasteiger partial charge on any atom is -0.444 e. The smallest absolute Gasteiger partial charge is 0.226 e. The van der Waals surface area contributed by atoms with E-state index in [1.165, 1.54) is 5.56 Å². The number of rotatable bonds is 3. The Hall–Kier alpha value is -1.61. The lowest BCUT2D eigenvalue weighted by Gasteiger charge is -2.19. The molecule has 18 heavy (non-hydrogen) atoms. The van der Waals surface area contributed by atoms with E-state index in [0.29, 0.717) is 5.89 Å². The fourth-order valence-electron chi connectivity index (χ4n) is 1.65. The molecular formula is C15H20N2O. The minimum absolute atomic E-state index is 0.0858. The fraction of sp³-hybridized carbons (Fsp3) is 0.400. The van der Waals surface area contributed by atoms with Crippen LogP contribution in [0.3, 0.4) is 0 Å². The van der Waals surface area contributed by atoms with Gasteiger partial charge in [0.15, 0.2) is 0 Å². The van der Waals surface area contributed by atoms with Gasteiger partial charge in [-0.15, -0.1) is 0 Å². The lowest BCUT2D eigenvalue weighted by Crippen LogP contribution is -2.35. The van der Waals surface area contributed by atoms with E-state index >= 15 is 0 Å². The maximum Gasteiger partial charge on any atom is 0.226 e. The molecule has 2 rings (SSSR count). The van der Waals surface area contributed by atoms with Crippen molar-refractivity contribution in [3.8, 4) is 11.5 Å². The number of hydrogen-bond donors (Lipinski definition) is 1. The van der Waals surface area contributed by atoms with Crippen molar-refractivity contribution < 1.29 is 4.42 Å². The van der Waals surface area contributed by atoms with Crippen molar-refractivity contribution in [1.82, 2.24) is 10.3 Å². The second-order valence-electron chi connectivity index (χ2n) is 5.62. The van der Waals surface area contributed by atoms with Gasteiger partial charge in [-0.2, -0.15) is 0 Å². The highest BCUT2D eigenvalue weighted by Gasteiger charge is 2.11. The number of nitrogens with zero attached hydrogens (tertiary/aromatic N) is 1. The molecule has 0 fully saturated rings. The van der Waals surface area contributed by atoms with Crippen molar-refractivity contribution in [3.05, 3.63) is 41.8 Å². The van der Waals surface area contributed by atoms with Gasteiger partial charge in [-0.25, -0.2) is 4.98 Å². The largest absolute Gasteiger partial charge is 0.444 e. The third kappa shape index (κ3) is 3.44. The predicted octanol–water partition coefficient (Wildman–Crippen LogP) is 3.54. The molecule has 0 spiro atoms. The van der Waals surface area contributed by atoms with Gasteiger partial charge < -0.3 is 9.73 Å². The Morgan fingerprint density at radius 2 is 2.06 bits per heavy atom. The van der Waals surface area contributed by atoms with E-state index in [0.717, 1.165) is 17.8 Å². The second kappa shape index (κ2) is 4.94. The highest BCUT2D eigenvalue weighted by molar-refractivity contribution is 5.54.